The first-order chi connectivity index (χ1) is 65.5. The average molecular weight is 2570 g/mol. The van der Waals surface area contributed by atoms with Crippen LogP contribution in [-0.4, -0.2) is 183 Å². The number of halogens is 17. The number of rotatable bonds is 34. The van der Waals surface area contributed by atoms with E-state index in [0.29, 0.717) is 141 Å². The number of aromatic hydroxyl groups is 2. The van der Waals surface area contributed by atoms with E-state index >= 15 is 0 Å². The van der Waals surface area contributed by atoms with E-state index in [1.807, 2.05) is 81.4 Å². The van der Waals surface area contributed by atoms with Gasteiger partial charge in [0.2, 0.25) is 0 Å². The topological polar surface area (TPSA) is 419 Å². The molecule has 4 N–H and O–H groups in total. The van der Waals surface area contributed by atoms with Crippen molar-refractivity contribution < 1.29 is 131 Å². The molecule has 0 aliphatic rings. The van der Waals surface area contributed by atoms with Gasteiger partial charge in [-0.05, 0) is 203 Å². The van der Waals surface area contributed by atoms with Gasteiger partial charge in [0.25, 0.3) is 10.1 Å². The quantitative estimate of drug-likeness (QED) is 0.00726. The summed E-state index contributed by atoms with van der Waals surface area (Å²) in [4.78, 5) is 43.2. The first-order valence-corrected chi connectivity index (χ1v) is 55.7. The van der Waals surface area contributed by atoms with Crippen LogP contribution in [-0.2, 0) is 99.2 Å². The fourth-order valence-corrected chi connectivity index (χ4v) is 18.5. The molecule has 144 heavy (non-hydrogen) atoms. The van der Waals surface area contributed by atoms with Crippen molar-refractivity contribution in [2.75, 3.05) is 79.0 Å². The van der Waals surface area contributed by atoms with Crippen LogP contribution in [0.25, 0.3) is 0 Å². The Morgan fingerprint density at radius 3 is 0.951 bits per heavy atom. The van der Waals surface area contributed by atoms with Crippen LogP contribution in [0, 0.1) is 28.2 Å². The number of aliphatic hydroxyl groups is 2. The zero-order valence-electron chi connectivity index (χ0n) is 79.1. The van der Waals surface area contributed by atoms with E-state index < -0.39 is 63.9 Å². The van der Waals surface area contributed by atoms with Gasteiger partial charge in [0, 0.05) is 63.4 Å². The minimum Gasteiger partial charge on any atom is -1.00 e. The molecule has 0 unspecified atom stereocenters. The summed E-state index contributed by atoms with van der Waals surface area (Å²) in [5, 5.41) is 40.6. The second-order valence-electron chi connectivity index (χ2n) is 30.3. The molecule has 3 aromatic heterocycles. The Labute approximate surface area is 956 Å². The third-order valence-electron chi connectivity index (χ3n) is 18.0. The summed E-state index contributed by atoms with van der Waals surface area (Å²) in [5.74, 6) is 5.58. The molecule has 28 nitrogen and oxygen atoms in total. The molecule has 50 heteroatoms. The predicted octanol–water partition coefficient (Wildman–Crippen LogP) is 23.3. The number of phenols is 2. The summed E-state index contributed by atoms with van der Waals surface area (Å²) < 4.78 is 140. The normalized spacial score (nSPS) is 10.8. The molecule has 11 aromatic rings. The van der Waals surface area contributed by atoms with Gasteiger partial charge in [-0.3, -0.25) is 4.18 Å². The number of aromatic nitrogens is 3. The van der Waals surface area contributed by atoms with Crippen molar-refractivity contribution in [3.05, 3.63) is 272 Å². The SMILES string of the molecule is C.CC(C)(O)c1cc(Cl)c(OCCCCl)c(Cl)c1.CC(C)(c1ccc(O)cc1)c1cc(Cl)c(OCCCCl)c(Cl)c1.CC(C)(c1ccc(OCc2ocnc2S(C)(=O)=O)cc1)c1cc(Cl)c(OCCCCl)c(Cl)c1.CS(=O)(=O)c1ncoc1CO.Cc1cc(Cl)c(O)c(Cl)c1.Cc1cc(Cl)c(OCCCCl)c(Cl)c1.Cc1ccc(S(=O)(=O)OCc2ocnc2S(C)(=O)=O)cc1.ClCCCI.O=C=O.O=C=O.[Br-].[CH3-].[Mg+2]. The molecule has 0 radical (unpaired) electrons. The van der Waals surface area contributed by atoms with Crippen molar-refractivity contribution in [1.82, 2.24) is 15.0 Å². The van der Waals surface area contributed by atoms with E-state index in [-0.39, 0.29) is 128 Å². The van der Waals surface area contributed by atoms with Crippen molar-refractivity contribution in [3.8, 4) is 40.2 Å². The van der Waals surface area contributed by atoms with Gasteiger partial charge in [-0.2, -0.15) is 27.6 Å². The molecular formula is C94H108BrCl15IMgN3O25S4. The number of ether oxygens (including phenoxy) is 5. The first kappa shape index (κ1) is 143. The molecule has 0 amide bonds. The summed E-state index contributed by atoms with van der Waals surface area (Å²) in [6.45, 7) is 18.1. The van der Waals surface area contributed by atoms with Gasteiger partial charge in [-0.15, -0.1) is 58.0 Å². The number of benzene rings is 8. The number of alkyl halides is 6. The number of carbonyl (C=O) groups excluding carboxylic acids is 4. The van der Waals surface area contributed by atoms with Crippen molar-refractivity contribution in [2.24, 2.45) is 0 Å². The molecule has 0 saturated heterocycles. The minimum absolute atomic E-state index is 0. The third-order valence-corrected chi connectivity index (χ3v) is 27.3. The Hall–Kier alpha value is -5.24. The molecule has 0 aliphatic carbocycles. The van der Waals surface area contributed by atoms with Crippen molar-refractivity contribution in [1.29, 1.82) is 0 Å². The maximum Gasteiger partial charge on any atom is 2.00 e. The summed E-state index contributed by atoms with van der Waals surface area (Å²) in [5.41, 5.74) is 5.77. The number of hydrogen-bond acceptors (Lipinski definition) is 28. The molecule has 0 spiro atoms. The van der Waals surface area contributed by atoms with Crippen LogP contribution < -0.4 is 40.7 Å². The molecule has 0 fully saturated rings. The monoisotopic (exact) mass is 2560 g/mol. The summed E-state index contributed by atoms with van der Waals surface area (Å²) in [6.07, 6.45) is 10.6. The number of hydrogen-bond donors (Lipinski definition) is 4. The first-order valence-electron chi connectivity index (χ1n) is 40.7. The van der Waals surface area contributed by atoms with Gasteiger partial charge in [-0.1, -0.05) is 216 Å². The number of sulfone groups is 3. The number of aliphatic hydroxyl groups excluding tert-OH is 1. The second-order valence-corrected chi connectivity index (χ2v) is 44.8. The van der Waals surface area contributed by atoms with E-state index in [2.05, 4.69) is 69.7 Å². The molecule has 0 atom stereocenters. The summed E-state index contributed by atoms with van der Waals surface area (Å²) in [7, 11) is -14.5. The van der Waals surface area contributed by atoms with Crippen LogP contribution in [0.1, 0.15) is 143 Å². The molecule has 11 rings (SSSR count). The number of nitrogens with zero attached hydrogens (tertiary/aromatic N) is 3. The smallest absolute Gasteiger partial charge is 1.00 e. The van der Waals surface area contributed by atoms with Crippen LogP contribution in [0.3, 0.4) is 0 Å². The molecule has 8 aromatic carbocycles. The Morgan fingerprint density at radius 1 is 0.396 bits per heavy atom. The zero-order chi connectivity index (χ0) is 106. The Balaban J connectivity index is -0.00000162. The van der Waals surface area contributed by atoms with Crippen LogP contribution in [0.4, 0.5) is 0 Å². The van der Waals surface area contributed by atoms with E-state index in [9.17, 15) is 43.9 Å². The molecular weight excluding hydrogens is 2460 g/mol. The van der Waals surface area contributed by atoms with Gasteiger partial charge < -0.3 is 81.8 Å². The van der Waals surface area contributed by atoms with Crippen LogP contribution in [0.5, 0.6) is 40.2 Å². The standard InChI is InChI=1S/C23H24Cl3NO5S.C18H19Cl3O2.C12H15Cl3O2.C12H13NO6S2.C10H11Cl3O.C7H6Cl2O.C5H7NO4S.C3H6ClI.2CO2.CH4.CH3.BrH.Mg/c1-23(2,16-11-18(25)21(19(26)12-16)30-10-4-9-24)15-5-7-17(8-6-15)31-13-20-22(27-14-32-20)33(3,28)29;1-18(2,12-4-6-14(22)7-5-12)13-10-15(20)17(16(21)11-13)23-9-3-8-19;1-12(2,16)8-6-9(14)11(10(15)7-8)17-5-3-4-13;1-9-3-5-10(6-4-9)21(16,17)19-7-11-12(13-8-18-11)20(2,14)15;1-7-5-8(12)10(9(13)6-7)14-4-2-3-11;1-4-2-5(8)7(10)6(9)3-4;1-11(8,9)5-4(2-7)10-3-6-5;4-2-1-3-5;2*2-1-3;;;;/h5-8,11-12,14H,4,9-10,13H2,1-3H3;4-7,10-11,22H,3,8-9H2,1-2H3;6-7,16H,3-5H2,1-2H3;3-6,8H,7H2,1-2H3;5-6H,2-4H2,1H3;2-3,10H,1H3;3,7H,2H2,1H3;1-3H2;;;1H4;1H3;1H;/q;;;;;;;;;;;-1;;+2/p-1. The summed E-state index contributed by atoms with van der Waals surface area (Å²) in [6, 6.07) is 38.4. The molecule has 0 aliphatic heterocycles. The van der Waals surface area contributed by atoms with Crippen molar-refractivity contribution >= 4 is 272 Å². The fourth-order valence-electron chi connectivity index (χ4n) is 10.9. The van der Waals surface area contributed by atoms with Gasteiger partial charge in [0.05, 0.1) is 87.2 Å². The average Bonchev–Trinajstić information content (AvgIpc) is 0.947. The van der Waals surface area contributed by atoms with Crippen LogP contribution in [0.15, 0.2) is 186 Å². The van der Waals surface area contributed by atoms with Crippen LogP contribution in [0.2, 0.25) is 50.2 Å². The largest absolute Gasteiger partial charge is 2.00 e. The van der Waals surface area contributed by atoms with Gasteiger partial charge in [0.15, 0.2) is 110 Å². The van der Waals surface area contributed by atoms with E-state index in [0.717, 1.165) is 108 Å². The minimum atomic E-state index is -4.00. The predicted molar refractivity (Wildman–Crippen MR) is 576 cm³/mol. The van der Waals surface area contributed by atoms with Crippen molar-refractivity contribution in [3.63, 3.8) is 0 Å². The number of aryl methyl sites for hydroxylation is 3. The summed E-state index contributed by atoms with van der Waals surface area (Å²) >= 11 is 90.9. The number of oxazole rings is 3. The molecule has 3 heterocycles. The second kappa shape index (κ2) is 71.6. The Kier molecular flexibility index (Phi) is 71.0. The zero-order valence-corrected chi connectivity index (χ0v) is 98.9. The van der Waals surface area contributed by atoms with E-state index in [1.165, 1.54) is 16.6 Å². The van der Waals surface area contributed by atoms with Gasteiger partial charge in [-0.25, -0.2) is 40.2 Å². The van der Waals surface area contributed by atoms with Crippen LogP contribution >= 0.6 is 197 Å². The maximum absolute atomic E-state index is 12.0. The van der Waals surface area contributed by atoms with Gasteiger partial charge >= 0.3 is 35.4 Å². The van der Waals surface area contributed by atoms with E-state index in [1.54, 1.807) is 74.5 Å². The van der Waals surface area contributed by atoms with E-state index in [4.69, 9.17) is 240 Å². The Morgan fingerprint density at radius 2 is 0.674 bits per heavy atom. The maximum atomic E-state index is 12.0. The molecule has 0 saturated carbocycles. The molecule has 794 valence electrons. The van der Waals surface area contributed by atoms with Gasteiger partial charge in [0.1, 0.15) is 31.3 Å². The number of phenolic OH excluding ortho intramolecular Hbond substituents is 2. The Bertz CT molecular complexity index is 6140. The third kappa shape index (κ3) is 50.3. The van der Waals surface area contributed by atoms with Crippen molar-refractivity contribution in [2.45, 2.75) is 158 Å². The fraction of sp³-hybridized carbons (Fsp3) is 0.362. The molecule has 0 bridgehead atoms.